The molecule has 0 atom stereocenters. The van der Waals surface area contributed by atoms with Gasteiger partial charge in [0.2, 0.25) is 0 Å². The first-order chi connectivity index (χ1) is 9.64. The van der Waals surface area contributed by atoms with Crippen LogP contribution in [0.2, 0.25) is 0 Å². The van der Waals surface area contributed by atoms with Crippen LogP contribution in [0, 0.1) is 6.92 Å². The summed E-state index contributed by atoms with van der Waals surface area (Å²) in [6.45, 7) is 15.3. The molecule has 118 valence electrons. The van der Waals surface area contributed by atoms with Crippen molar-refractivity contribution in [3.8, 4) is 0 Å². The fourth-order valence-corrected chi connectivity index (χ4v) is 3.70. The molecule has 4 nitrogen and oxygen atoms in total. The molecule has 1 N–H and O–H groups in total. The Balaban J connectivity index is 2.47. The molecule has 1 fully saturated rings. The van der Waals surface area contributed by atoms with E-state index in [-0.39, 0.29) is 10.2 Å². The Morgan fingerprint density at radius 2 is 1.90 bits per heavy atom. The van der Waals surface area contributed by atoms with Crippen LogP contribution in [-0.4, -0.2) is 40.6 Å². The van der Waals surface area contributed by atoms with Gasteiger partial charge in [0.05, 0.1) is 0 Å². The van der Waals surface area contributed by atoms with Gasteiger partial charge >= 0.3 is 0 Å². The molecule has 0 aliphatic carbocycles. The van der Waals surface area contributed by atoms with Crippen molar-refractivity contribution < 1.29 is 0 Å². The van der Waals surface area contributed by atoms with Crippen molar-refractivity contribution in [1.82, 2.24) is 9.97 Å². The van der Waals surface area contributed by atoms with E-state index in [2.05, 4.69) is 51.8 Å². The van der Waals surface area contributed by atoms with Crippen molar-refractivity contribution in [3.05, 3.63) is 11.4 Å². The quantitative estimate of drug-likeness (QED) is 0.906. The molecule has 5 heteroatoms. The summed E-state index contributed by atoms with van der Waals surface area (Å²) in [5.41, 5.74) is 1.10. The van der Waals surface area contributed by atoms with Crippen LogP contribution in [0.4, 0.5) is 11.6 Å². The number of nitrogens with one attached hydrogen (secondary N) is 1. The monoisotopic (exact) mass is 308 g/mol. The predicted octanol–water partition coefficient (Wildman–Crippen LogP) is 3.46. The van der Waals surface area contributed by atoms with E-state index in [1.54, 1.807) is 0 Å². The molecule has 1 aliphatic heterocycles. The van der Waals surface area contributed by atoms with Crippen molar-refractivity contribution >= 4 is 23.4 Å². The second kappa shape index (κ2) is 5.67. The van der Waals surface area contributed by atoms with Crippen molar-refractivity contribution in [3.63, 3.8) is 0 Å². The van der Waals surface area contributed by atoms with Gasteiger partial charge in [-0.3, -0.25) is 0 Å². The summed E-state index contributed by atoms with van der Waals surface area (Å²) in [5, 5.41) is 3.22. The Morgan fingerprint density at radius 3 is 2.43 bits per heavy atom. The molecule has 1 saturated heterocycles. The van der Waals surface area contributed by atoms with Gasteiger partial charge in [-0.05, 0) is 20.8 Å². The highest BCUT2D eigenvalue weighted by molar-refractivity contribution is 8.00. The molecular weight excluding hydrogens is 280 g/mol. The molecule has 1 aromatic rings. The van der Waals surface area contributed by atoms with Gasteiger partial charge in [-0.25, -0.2) is 9.97 Å². The molecule has 0 saturated carbocycles. The van der Waals surface area contributed by atoms with Crippen LogP contribution in [0.25, 0.3) is 0 Å². The Bertz CT molecular complexity index is 520. The van der Waals surface area contributed by atoms with Crippen molar-refractivity contribution in [2.75, 3.05) is 36.1 Å². The number of thioether (sulfide) groups is 1. The third-order valence-electron chi connectivity index (χ3n) is 3.75. The maximum Gasteiger partial charge on any atom is 0.138 e. The molecule has 0 bridgehead atoms. The first-order valence-corrected chi connectivity index (χ1v) is 8.58. The van der Waals surface area contributed by atoms with E-state index in [1.807, 2.05) is 18.8 Å². The first-order valence-electron chi connectivity index (χ1n) is 7.60. The fourth-order valence-electron chi connectivity index (χ4n) is 2.59. The second-order valence-electron chi connectivity index (χ2n) is 7.37. The van der Waals surface area contributed by atoms with E-state index < -0.39 is 0 Å². The lowest BCUT2D eigenvalue weighted by molar-refractivity contribution is 0.542. The van der Waals surface area contributed by atoms with Gasteiger partial charge in [-0.15, -0.1) is 0 Å². The number of nitrogens with zero attached hydrogens (tertiary/aromatic N) is 3. The minimum absolute atomic E-state index is 0.0475. The third kappa shape index (κ3) is 3.62. The Labute approximate surface area is 133 Å². The highest BCUT2D eigenvalue weighted by Gasteiger charge is 2.30. The minimum Gasteiger partial charge on any atom is -0.373 e. The highest BCUT2D eigenvalue weighted by Crippen LogP contribution is 2.35. The van der Waals surface area contributed by atoms with Gasteiger partial charge in [-0.1, -0.05) is 20.8 Å². The van der Waals surface area contributed by atoms with Crippen LogP contribution in [0.1, 0.15) is 46.0 Å². The second-order valence-corrected chi connectivity index (χ2v) is 9.18. The van der Waals surface area contributed by atoms with E-state index in [0.717, 1.165) is 41.9 Å². The molecule has 0 radical (unpaired) electrons. The average Bonchev–Trinajstić information content (AvgIpc) is 2.36. The zero-order valence-electron chi connectivity index (χ0n) is 14.4. The third-order valence-corrected chi connectivity index (χ3v) is 5.05. The predicted molar refractivity (Wildman–Crippen MR) is 93.8 cm³/mol. The zero-order chi connectivity index (χ0) is 15.8. The van der Waals surface area contributed by atoms with Gasteiger partial charge in [0.1, 0.15) is 17.5 Å². The van der Waals surface area contributed by atoms with Crippen LogP contribution in [0.15, 0.2) is 0 Å². The summed E-state index contributed by atoms with van der Waals surface area (Å²) in [6, 6.07) is 0. The smallest absolute Gasteiger partial charge is 0.138 e. The molecule has 2 rings (SSSR count). The lowest BCUT2D eigenvalue weighted by Gasteiger charge is -2.39. The number of rotatable bonds is 2. The molecule has 2 heterocycles. The Hall–Kier alpha value is -0.970. The maximum absolute atomic E-state index is 4.91. The van der Waals surface area contributed by atoms with Gasteiger partial charge < -0.3 is 10.2 Å². The lowest BCUT2D eigenvalue weighted by Crippen LogP contribution is -2.44. The van der Waals surface area contributed by atoms with Crippen LogP contribution < -0.4 is 10.2 Å². The summed E-state index contributed by atoms with van der Waals surface area (Å²) in [4.78, 5) is 12.0. The van der Waals surface area contributed by atoms with Gasteiger partial charge in [-0.2, -0.15) is 11.8 Å². The molecule has 21 heavy (non-hydrogen) atoms. The summed E-state index contributed by atoms with van der Waals surface area (Å²) in [5.74, 6) is 4.09. The fraction of sp³-hybridized carbons (Fsp3) is 0.750. The minimum atomic E-state index is -0.0475. The van der Waals surface area contributed by atoms with Crippen molar-refractivity contribution in [1.29, 1.82) is 0 Å². The van der Waals surface area contributed by atoms with Crippen molar-refractivity contribution in [2.45, 2.75) is 51.7 Å². The van der Waals surface area contributed by atoms with Gasteiger partial charge in [0, 0.05) is 41.6 Å². The normalized spacial score (nSPS) is 18.7. The Morgan fingerprint density at radius 1 is 1.24 bits per heavy atom. The molecule has 1 aromatic heterocycles. The first kappa shape index (κ1) is 16.4. The number of aromatic nitrogens is 2. The van der Waals surface area contributed by atoms with E-state index in [9.17, 15) is 0 Å². The van der Waals surface area contributed by atoms with Gasteiger partial charge in [0.25, 0.3) is 0 Å². The number of hydrogen-bond acceptors (Lipinski definition) is 5. The van der Waals surface area contributed by atoms with Crippen molar-refractivity contribution in [2.24, 2.45) is 0 Å². The van der Waals surface area contributed by atoms with Crippen LogP contribution in [-0.2, 0) is 5.41 Å². The molecule has 0 aromatic carbocycles. The zero-order valence-corrected chi connectivity index (χ0v) is 15.2. The van der Waals surface area contributed by atoms with Crippen LogP contribution >= 0.6 is 11.8 Å². The molecular formula is C16H28N4S. The molecule has 1 aliphatic rings. The average molecular weight is 308 g/mol. The summed E-state index contributed by atoms with van der Waals surface area (Å²) >= 11 is 2.04. The molecule has 0 spiro atoms. The van der Waals surface area contributed by atoms with E-state index in [4.69, 9.17) is 9.97 Å². The summed E-state index contributed by atoms with van der Waals surface area (Å²) in [6.07, 6.45) is 0. The maximum atomic E-state index is 4.91. The topological polar surface area (TPSA) is 41.1 Å². The largest absolute Gasteiger partial charge is 0.373 e. The lowest BCUT2D eigenvalue weighted by atomic mass is 9.95. The van der Waals surface area contributed by atoms with E-state index in [1.165, 1.54) is 0 Å². The van der Waals surface area contributed by atoms with Crippen LogP contribution in [0.5, 0.6) is 0 Å². The Kier molecular flexibility index (Phi) is 4.43. The van der Waals surface area contributed by atoms with E-state index in [0.29, 0.717) is 0 Å². The summed E-state index contributed by atoms with van der Waals surface area (Å²) in [7, 11) is 1.93. The van der Waals surface area contributed by atoms with E-state index >= 15 is 0 Å². The van der Waals surface area contributed by atoms with Gasteiger partial charge in [0.15, 0.2) is 0 Å². The molecule has 0 amide bonds. The standard InChI is InChI=1S/C16H28N4S/c1-11-12(17-7)18-14(15(2,3)4)19-13(11)20-8-9-21-16(5,6)10-20/h8-10H2,1-7H3,(H,17,18,19). The SMILES string of the molecule is CNc1nc(C(C)(C)C)nc(N2CCSC(C)(C)C2)c1C. The highest BCUT2D eigenvalue weighted by atomic mass is 32.2. The summed E-state index contributed by atoms with van der Waals surface area (Å²) < 4.78 is 0.275. The van der Waals surface area contributed by atoms with Crippen LogP contribution in [0.3, 0.4) is 0 Å². The molecule has 0 unspecified atom stereocenters. The number of anilines is 2. The number of hydrogen-bond donors (Lipinski definition) is 1.